The molecule has 1 amide bonds. The zero-order valence-electron chi connectivity index (χ0n) is 13.1. The summed E-state index contributed by atoms with van der Waals surface area (Å²) in [4.78, 5) is 22.8. The molecule has 6 heteroatoms. The van der Waals surface area contributed by atoms with E-state index in [0.717, 1.165) is 0 Å². The van der Waals surface area contributed by atoms with Crippen molar-refractivity contribution in [1.29, 1.82) is 5.26 Å². The first-order valence-corrected chi connectivity index (χ1v) is 7.31. The molecule has 0 saturated heterocycles. The average Bonchev–Trinajstić information content (AvgIpc) is 2.61. The lowest BCUT2D eigenvalue weighted by molar-refractivity contribution is -0.118. The summed E-state index contributed by atoms with van der Waals surface area (Å²) in [6.45, 7) is 2.00. The number of hydrogen-bond acceptors (Lipinski definition) is 5. The van der Waals surface area contributed by atoms with Crippen molar-refractivity contribution >= 4 is 17.9 Å². The molecular formula is C18H16N2O4. The number of aldehydes is 1. The second-order valence-electron chi connectivity index (χ2n) is 4.79. The SMILES string of the molecule is CCOc1cc(C=O)ccc1OCC(=O)Nc1cccc(C#N)c1. The van der Waals surface area contributed by atoms with E-state index in [0.29, 0.717) is 41.2 Å². The molecule has 0 aliphatic rings. The third-order valence-corrected chi connectivity index (χ3v) is 3.04. The van der Waals surface area contributed by atoms with Crippen LogP contribution in [0, 0.1) is 11.3 Å². The van der Waals surface area contributed by atoms with Crippen molar-refractivity contribution in [1.82, 2.24) is 0 Å². The van der Waals surface area contributed by atoms with E-state index in [4.69, 9.17) is 14.7 Å². The first kappa shape index (κ1) is 17.0. The number of amides is 1. The van der Waals surface area contributed by atoms with E-state index in [9.17, 15) is 9.59 Å². The van der Waals surface area contributed by atoms with Gasteiger partial charge < -0.3 is 14.8 Å². The van der Waals surface area contributed by atoms with E-state index in [1.165, 1.54) is 0 Å². The molecule has 0 fully saturated rings. The van der Waals surface area contributed by atoms with Crippen LogP contribution >= 0.6 is 0 Å². The van der Waals surface area contributed by atoms with Gasteiger partial charge in [-0.15, -0.1) is 0 Å². The molecule has 0 unspecified atom stereocenters. The molecule has 0 aromatic heterocycles. The van der Waals surface area contributed by atoms with Gasteiger partial charge in [-0.05, 0) is 43.3 Å². The summed E-state index contributed by atoms with van der Waals surface area (Å²) >= 11 is 0. The van der Waals surface area contributed by atoms with E-state index < -0.39 is 0 Å². The molecule has 122 valence electrons. The average molecular weight is 324 g/mol. The minimum absolute atomic E-state index is 0.225. The Bertz CT molecular complexity index is 781. The summed E-state index contributed by atoms with van der Waals surface area (Å²) in [6.07, 6.45) is 0.710. The Morgan fingerprint density at radius 1 is 1.21 bits per heavy atom. The molecule has 0 spiro atoms. The third kappa shape index (κ3) is 4.58. The molecule has 0 saturated carbocycles. The third-order valence-electron chi connectivity index (χ3n) is 3.04. The Kier molecular flexibility index (Phi) is 5.92. The summed E-state index contributed by atoms with van der Waals surface area (Å²) in [6, 6.07) is 13.3. The van der Waals surface area contributed by atoms with Crippen molar-refractivity contribution in [3.63, 3.8) is 0 Å². The monoisotopic (exact) mass is 324 g/mol. The zero-order valence-corrected chi connectivity index (χ0v) is 13.1. The fourth-order valence-corrected chi connectivity index (χ4v) is 1.99. The number of nitriles is 1. The van der Waals surface area contributed by atoms with Gasteiger partial charge in [0, 0.05) is 11.3 Å². The molecule has 2 rings (SSSR count). The molecule has 1 N–H and O–H groups in total. The van der Waals surface area contributed by atoms with E-state index in [1.807, 2.05) is 13.0 Å². The molecule has 2 aromatic carbocycles. The molecule has 2 aromatic rings. The highest BCUT2D eigenvalue weighted by Gasteiger charge is 2.09. The van der Waals surface area contributed by atoms with Gasteiger partial charge in [0.2, 0.25) is 0 Å². The van der Waals surface area contributed by atoms with Gasteiger partial charge in [-0.1, -0.05) is 6.07 Å². The first-order chi connectivity index (χ1) is 11.7. The van der Waals surface area contributed by atoms with Gasteiger partial charge >= 0.3 is 0 Å². The highest BCUT2D eigenvalue weighted by atomic mass is 16.5. The lowest BCUT2D eigenvalue weighted by Gasteiger charge is -2.12. The Balaban J connectivity index is 2.00. The molecule has 0 bridgehead atoms. The van der Waals surface area contributed by atoms with Crippen molar-refractivity contribution in [3.05, 3.63) is 53.6 Å². The highest BCUT2D eigenvalue weighted by molar-refractivity contribution is 5.92. The first-order valence-electron chi connectivity index (χ1n) is 7.31. The second kappa shape index (κ2) is 8.34. The molecule has 0 radical (unpaired) electrons. The van der Waals surface area contributed by atoms with Crippen LogP contribution in [0.4, 0.5) is 5.69 Å². The van der Waals surface area contributed by atoms with Crippen LogP contribution in [-0.4, -0.2) is 25.4 Å². The van der Waals surface area contributed by atoms with Gasteiger partial charge in [0.25, 0.3) is 5.91 Å². The summed E-state index contributed by atoms with van der Waals surface area (Å²) in [5, 5.41) is 11.5. The molecular weight excluding hydrogens is 308 g/mol. The highest BCUT2D eigenvalue weighted by Crippen LogP contribution is 2.28. The second-order valence-corrected chi connectivity index (χ2v) is 4.79. The Morgan fingerprint density at radius 2 is 2.04 bits per heavy atom. The molecule has 0 heterocycles. The fraction of sp³-hybridized carbons (Fsp3) is 0.167. The number of rotatable bonds is 7. The fourth-order valence-electron chi connectivity index (χ4n) is 1.99. The van der Waals surface area contributed by atoms with Gasteiger partial charge in [-0.3, -0.25) is 9.59 Å². The predicted molar refractivity (Wildman–Crippen MR) is 88.3 cm³/mol. The maximum atomic E-state index is 12.0. The van der Waals surface area contributed by atoms with Crippen LogP contribution in [0.25, 0.3) is 0 Å². The maximum absolute atomic E-state index is 12.0. The predicted octanol–water partition coefficient (Wildman–Crippen LogP) is 2.79. The number of hydrogen-bond donors (Lipinski definition) is 1. The van der Waals surface area contributed by atoms with Crippen molar-refractivity contribution < 1.29 is 19.1 Å². The lowest BCUT2D eigenvalue weighted by Crippen LogP contribution is -2.20. The topological polar surface area (TPSA) is 88.4 Å². The number of ether oxygens (including phenoxy) is 2. The number of nitrogens with one attached hydrogen (secondary N) is 1. The number of benzene rings is 2. The van der Waals surface area contributed by atoms with E-state index in [1.54, 1.807) is 42.5 Å². The quantitative estimate of drug-likeness (QED) is 0.791. The van der Waals surface area contributed by atoms with Gasteiger partial charge in [-0.25, -0.2) is 0 Å². The number of carbonyl (C=O) groups is 2. The van der Waals surface area contributed by atoms with E-state index >= 15 is 0 Å². The van der Waals surface area contributed by atoms with Crippen molar-refractivity contribution in [3.8, 4) is 17.6 Å². The maximum Gasteiger partial charge on any atom is 0.262 e. The van der Waals surface area contributed by atoms with Crippen LogP contribution in [0.2, 0.25) is 0 Å². The van der Waals surface area contributed by atoms with Crippen LogP contribution in [0.15, 0.2) is 42.5 Å². The normalized spacial score (nSPS) is 9.67. The minimum Gasteiger partial charge on any atom is -0.490 e. The van der Waals surface area contributed by atoms with Crippen LogP contribution in [0.3, 0.4) is 0 Å². The largest absolute Gasteiger partial charge is 0.490 e. The molecule has 24 heavy (non-hydrogen) atoms. The Labute approximate surface area is 139 Å². The van der Waals surface area contributed by atoms with E-state index in [-0.39, 0.29) is 12.5 Å². The summed E-state index contributed by atoms with van der Waals surface area (Å²) < 4.78 is 10.9. The van der Waals surface area contributed by atoms with Crippen LogP contribution in [0.5, 0.6) is 11.5 Å². The van der Waals surface area contributed by atoms with Crippen LogP contribution in [0.1, 0.15) is 22.8 Å². The summed E-state index contributed by atoms with van der Waals surface area (Å²) in [7, 11) is 0. The Morgan fingerprint density at radius 3 is 2.75 bits per heavy atom. The lowest BCUT2D eigenvalue weighted by atomic mass is 10.2. The van der Waals surface area contributed by atoms with Gasteiger partial charge in [0.15, 0.2) is 18.1 Å². The van der Waals surface area contributed by atoms with Gasteiger partial charge in [0.05, 0.1) is 18.2 Å². The van der Waals surface area contributed by atoms with Crippen molar-refractivity contribution in [2.24, 2.45) is 0 Å². The molecule has 6 nitrogen and oxygen atoms in total. The number of nitrogens with zero attached hydrogens (tertiary/aromatic N) is 1. The standard InChI is InChI=1S/C18H16N2O4/c1-2-23-17-9-14(11-21)6-7-16(17)24-12-18(22)20-15-5-3-4-13(8-15)10-19/h3-9,11H,2,12H2,1H3,(H,20,22). The molecule has 0 atom stereocenters. The number of carbonyl (C=O) groups excluding carboxylic acids is 2. The Hall–Kier alpha value is -3.33. The summed E-state index contributed by atoms with van der Waals surface area (Å²) in [5.74, 6) is 0.414. The molecule has 0 aliphatic heterocycles. The van der Waals surface area contributed by atoms with Crippen LogP contribution < -0.4 is 14.8 Å². The summed E-state index contributed by atoms with van der Waals surface area (Å²) in [5.41, 5.74) is 1.43. The zero-order chi connectivity index (χ0) is 17.4. The van der Waals surface area contributed by atoms with Crippen molar-refractivity contribution in [2.75, 3.05) is 18.5 Å². The smallest absolute Gasteiger partial charge is 0.262 e. The van der Waals surface area contributed by atoms with Gasteiger partial charge in [-0.2, -0.15) is 5.26 Å². The van der Waals surface area contributed by atoms with Crippen molar-refractivity contribution in [2.45, 2.75) is 6.92 Å². The molecule has 0 aliphatic carbocycles. The number of anilines is 1. The van der Waals surface area contributed by atoms with E-state index in [2.05, 4.69) is 5.32 Å². The van der Waals surface area contributed by atoms with Gasteiger partial charge in [0.1, 0.15) is 6.29 Å². The van der Waals surface area contributed by atoms with Crippen LogP contribution in [-0.2, 0) is 4.79 Å². The minimum atomic E-state index is -0.369.